The number of ketones is 1. The average Bonchev–Trinajstić information content (AvgIpc) is 2.27. The van der Waals surface area contributed by atoms with Crippen LogP contribution in [-0.4, -0.2) is 46.5 Å². The van der Waals surface area contributed by atoms with Crippen molar-refractivity contribution in [2.75, 3.05) is 18.8 Å². The van der Waals surface area contributed by atoms with Crippen molar-refractivity contribution in [2.45, 2.75) is 38.5 Å². The van der Waals surface area contributed by atoms with E-state index in [0.29, 0.717) is 13.1 Å². The van der Waals surface area contributed by atoms with Crippen LogP contribution < -0.4 is 0 Å². The van der Waals surface area contributed by atoms with Crippen LogP contribution in [0.25, 0.3) is 0 Å². The van der Waals surface area contributed by atoms with Crippen molar-refractivity contribution in [1.29, 1.82) is 0 Å². The highest BCUT2D eigenvalue weighted by molar-refractivity contribution is 8.00. The maximum absolute atomic E-state index is 11.9. The van der Waals surface area contributed by atoms with Gasteiger partial charge in [0.2, 0.25) is 0 Å². The van der Waals surface area contributed by atoms with Crippen LogP contribution in [0.2, 0.25) is 0 Å². The third-order valence-corrected chi connectivity index (χ3v) is 3.57. The number of carbonyl (C=O) groups excluding carboxylic acids is 2. The summed E-state index contributed by atoms with van der Waals surface area (Å²) in [5.74, 6) is 0.837. The molecule has 18 heavy (non-hydrogen) atoms. The number of ether oxygens (including phenoxy) is 1. The molecule has 102 valence electrons. The van der Waals surface area contributed by atoms with Crippen molar-refractivity contribution in [1.82, 2.24) is 4.90 Å². The van der Waals surface area contributed by atoms with Crippen LogP contribution in [0.3, 0.4) is 0 Å². The second-order valence-corrected chi connectivity index (χ2v) is 6.50. The van der Waals surface area contributed by atoms with Gasteiger partial charge in [0, 0.05) is 18.8 Å². The Labute approximate surface area is 113 Å². The number of hydrogen-bond donors (Lipinski definition) is 0. The van der Waals surface area contributed by atoms with E-state index >= 15 is 0 Å². The SMILES string of the molecule is C/C=C/C(=O)C1CN(C(=O)OC(C)(C)C)CCS1. The van der Waals surface area contributed by atoms with E-state index in [-0.39, 0.29) is 17.1 Å². The largest absolute Gasteiger partial charge is 0.444 e. The van der Waals surface area contributed by atoms with E-state index in [1.165, 1.54) is 0 Å². The van der Waals surface area contributed by atoms with Crippen molar-refractivity contribution in [3.63, 3.8) is 0 Å². The fraction of sp³-hybridized carbons (Fsp3) is 0.692. The standard InChI is InChI=1S/C13H21NO3S/c1-5-6-10(15)11-9-14(7-8-18-11)12(16)17-13(2,3)4/h5-6,11H,7-9H2,1-4H3/b6-5+. The number of amides is 1. The number of carbonyl (C=O) groups is 2. The summed E-state index contributed by atoms with van der Waals surface area (Å²) >= 11 is 1.60. The lowest BCUT2D eigenvalue weighted by molar-refractivity contribution is -0.114. The Morgan fingerprint density at radius 3 is 2.61 bits per heavy atom. The molecule has 0 N–H and O–H groups in total. The number of rotatable bonds is 2. The summed E-state index contributed by atoms with van der Waals surface area (Å²) in [5.41, 5.74) is -0.496. The Hall–Kier alpha value is -0.970. The molecule has 0 aromatic heterocycles. The van der Waals surface area contributed by atoms with Crippen molar-refractivity contribution >= 4 is 23.6 Å². The third-order valence-electron chi connectivity index (χ3n) is 2.37. The second kappa shape index (κ2) is 6.27. The van der Waals surface area contributed by atoms with Gasteiger partial charge in [0.25, 0.3) is 0 Å². The lowest BCUT2D eigenvalue weighted by Gasteiger charge is -2.32. The first-order chi connectivity index (χ1) is 8.33. The minimum absolute atomic E-state index is 0.0655. The number of nitrogens with zero attached hydrogens (tertiary/aromatic N) is 1. The van der Waals surface area contributed by atoms with Crippen LogP contribution in [-0.2, 0) is 9.53 Å². The molecule has 0 aromatic carbocycles. The van der Waals surface area contributed by atoms with Crippen molar-refractivity contribution in [3.05, 3.63) is 12.2 Å². The van der Waals surface area contributed by atoms with Gasteiger partial charge in [-0.15, -0.1) is 11.8 Å². The Kier molecular flexibility index (Phi) is 5.26. The van der Waals surface area contributed by atoms with Crippen LogP contribution >= 0.6 is 11.8 Å². The number of allylic oxidation sites excluding steroid dienone is 2. The number of hydrogen-bond acceptors (Lipinski definition) is 4. The smallest absolute Gasteiger partial charge is 0.410 e. The molecule has 4 nitrogen and oxygen atoms in total. The molecule has 0 aromatic rings. The molecule has 1 aliphatic rings. The van der Waals surface area contributed by atoms with Crippen LogP contribution in [0, 0.1) is 0 Å². The lowest BCUT2D eigenvalue weighted by Crippen LogP contribution is -2.46. The zero-order valence-electron chi connectivity index (χ0n) is 11.4. The Morgan fingerprint density at radius 1 is 1.39 bits per heavy atom. The van der Waals surface area contributed by atoms with Crippen LogP contribution in [0.1, 0.15) is 27.7 Å². The first-order valence-corrected chi connectivity index (χ1v) is 7.14. The summed E-state index contributed by atoms with van der Waals surface area (Å²) in [6.07, 6.45) is 2.96. The van der Waals surface area contributed by atoms with Gasteiger partial charge >= 0.3 is 6.09 Å². The highest BCUT2D eigenvalue weighted by Gasteiger charge is 2.30. The quantitative estimate of drug-likeness (QED) is 0.724. The summed E-state index contributed by atoms with van der Waals surface area (Å²) in [6, 6.07) is 0. The minimum Gasteiger partial charge on any atom is -0.444 e. The van der Waals surface area contributed by atoms with E-state index in [2.05, 4.69) is 0 Å². The Bertz CT molecular complexity index is 347. The average molecular weight is 271 g/mol. The normalized spacial score (nSPS) is 21.1. The molecule has 0 radical (unpaired) electrons. The molecule has 1 fully saturated rings. The summed E-state index contributed by atoms with van der Waals surface area (Å²) < 4.78 is 5.31. The van der Waals surface area contributed by atoms with Crippen molar-refractivity contribution in [3.8, 4) is 0 Å². The summed E-state index contributed by atoms with van der Waals surface area (Å²) in [4.78, 5) is 25.3. The van der Waals surface area contributed by atoms with Crippen molar-refractivity contribution in [2.24, 2.45) is 0 Å². The van der Waals surface area contributed by atoms with Crippen LogP contribution in [0.4, 0.5) is 4.79 Å². The molecule has 1 atom stereocenters. The molecule has 0 aliphatic carbocycles. The predicted molar refractivity (Wildman–Crippen MR) is 73.9 cm³/mol. The van der Waals surface area contributed by atoms with E-state index in [4.69, 9.17) is 4.74 Å². The molecule has 5 heteroatoms. The molecule has 1 amide bonds. The van der Waals surface area contributed by atoms with Gasteiger partial charge in [-0.05, 0) is 33.8 Å². The molecule has 1 heterocycles. The summed E-state index contributed by atoms with van der Waals surface area (Å²) in [6.45, 7) is 8.41. The van der Waals surface area contributed by atoms with Gasteiger partial charge in [-0.3, -0.25) is 4.79 Å². The Balaban J connectivity index is 2.58. The first kappa shape index (κ1) is 15.1. The van der Waals surface area contributed by atoms with E-state index in [0.717, 1.165) is 5.75 Å². The molecule has 1 aliphatic heterocycles. The summed E-state index contributed by atoms with van der Waals surface area (Å²) in [5, 5.41) is -0.164. The predicted octanol–water partition coefficient (Wildman–Crippen LogP) is 2.48. The maximum Gasteiger partial charge on any atom is 0.410 e. The van der Waals surface area contributed by atoms with Gasteiger partial charge < -0.3 is 9.64 Å². The molecule has 0 saturated carbocycles. The zero-order chi connectivity index (χ0) is 13.8. The van der Waals surface area contributed by atoms with E-state index in [1.807, 2.05) is 27.7 Å². The first-order valence-electron chi connectivity index (χ1n) is 6.09. The van der Waals surface area contributed by atoms with Crippen LogP contribution in [0.15, 0.2) is 12.2 Å². The highest BCUT2D eigenvalue weighted by Crippen LogP contribution is 2.21. The van der Waals surface area contributed by atoms with Crippen molar-refractivity contribution < 1.29 is 14.3 Å². The number of thioether (sulfide) groups is 1. The second-order valence-electron chi connectivity index (χ2n) is 5.19. The molecule has 1 unspecified atom stereocenters. The van der Waals surface area contributed by atoms with E-state index in [9.17, 15) is 9.59 Å². The van der Waals surface area contributed by atoms with Gasteiger partial charge in [-0.1, -0.05) is 6.08 Å². The molecular weight excluding hydrogens is 250 g/mol. The minimum atomic E-state index is -0.496. The molecule has 0 spiro atoms. The lowest BCUT2D eigenvalue weighted by atomic mass is 10.2. The summed E-state index contributed by atoms with van der Waals surface area (Å²) in [7, 11) is 0. The topological polar surface area (TPSA) is 46.6 Å². The van der Waals surface area contributed by atoms with Gasteiger partial charge in [-0.2, -0.15) is 0 Å². The monoisotopic (exact) mass is 271 g/mol. The molecule has 1 rings (SSSR count). The maximum atomic E-state index is 11.9. The molecular formula is C13H21NO3S. The fourth-order valence-electron chi connectivity index (χ4n) is 1.59. The Morgan fingerprint density at radius 2 is 2.06 bits per heavy atom. The van der Waals surface area contributed by atoms with Gasteiger partial charge in [0.15, 0.2) is 5.78 Å². The van der Waals surface area contributed by atoms with Crippen LogP contribution in [0.5, 0.6) is 0 Å². The molecule has 1 saturated heterocycles. The van der Waals surface area contributed by atoms with Gasteiger partial charge in [0.05, 0.1) is 5.25 Å². The third kappa shape index (κ3) is 4.72. The van der Waals surface area contributed by atoms with E-state index in [1.54, 1.807) is 28.8 Å². The zero-order valence-corrected chi connectivity index (χ0v) is 12.3. The highest BCUT2D eigenvalue weighted by atomic mass is 32.2. The van der Waals surface area contributed by atoms with E-state index < -0.39 is 5.60 Å². The fourth-order valence-corrected chi connectivity index (χ4v) is 2.72. The van der Waals surface area contributed by atoms with Gasteiger partial charge in [-0.25, -0.2) is 4.79 Å². The van der Waals surface area contributed by atoms with Gasteiger partial charge in [0.1, 0.15) is 5.60 Å². The molecule has 0 bridgehead atoms.